The van der Waals surface area contributed by atoms with E-state index < -0.39 is 11.8 Å². The van der Waals surface area contributed by atoms with E-state index in [0.717, 1.165) is 0 Å². The van der Waals surface area contributed by atoms with Gasteiger partial charge in [0.05, 0.1) is 5.22 Å². The number of amides is 2. The maximum Gasteiger partial charge on any atom is 0.287 e. The normalized spacial score (nSPS) is 20.5. The molecule has 1 heterocycles. The van der Waals surface area contributed by atoms with Crippen molar-refractivity contribution in [2.75, 3.05) is 13.6 Å². The molecule has 1 aromatic rings. The summed E-state index contributed by atoms with van der Waals surface area (Å²) in [7, 11) is 1.60. The van der Waals surface area contributed by atoms with Gasteiger partial charge in [-0.2, -0.15) is 0 Å². The summed E-state index contributed by atoms with van der Waals surface area (Å²) in [4.78, 5) is 23.5. The van der Waals surface area contributed by atoms with Crippen LogP contribution < -0.4 is 5.32 Å². The standard InChI is InChI=1S/C11H10ClN5O2/c1-17(14-7-13-16-17)6-10(18)15-11(19)8-2-4-9(12)5-3-8/h2-5,7H,6H2,1H3/p+1. The second-order valence-corrected chi connectivity index (χ2v) is 4.50. The lowest BCUT2D eigenvalue weighted by molar-refractivity contribution is -0.915. The predicted octanol–water partition coefficient (Wildman–Crippen LogP) is 1.37. The molecule has 8 heteroatoms. The molecule has 0 fully saturated rings. The summed E-state index contributed by atoms with van der Waals surface area (Å²) in [5.41, 5.74) is 0.354. The molecule has 0 spiro atoms. The number of carbonyl (C=O) groups excluding carboxylic acids is 2. The van der Waals surface area contributed by atoms with Gasteiger partial charge in [0.15, 0.2) is 0 Å². The van der Waals surface area contributed by atoms with Crippen LogP contribution in [-0.2, 0) is 4.79 Å². The third kappa shape index (κ3) is 3.43. The Balaban J connectivity index is 1.95. The Hall–Kier alpha value is -2.12. The molecule has 0 aliphatic carbocycles. The molecule has 98 valence electrons. The van der Waals surface area contributed by atoms with Gasteiger partial charge in [0.1, 0.15) is 7.05 Å². The Kier molecular flexibility index (Phi) is 3.68. The van der Waals surface area contributed by atoms with Gasteiger partial charge in [0.25, 0.3) is 11.8 Å². The van der Waals surface area contributed by atoms with Crippen LogP contribution in [0.2, 0.25) is 5.02 Å². The number of imide groups is 1. The largest absolute Gasteiger partial charge is 0.287 e. The molecular weight excluding hydrogens is 270 g/mol. The predicted molar refractivity (Wildman–Crippen MR) is 68.3 cm³/mol. The number of nitrogens with zero attached hydrogens (tertiary/aromatic N) is 4. The average Bonchev–Trinajstić information content (AvgIpc) is 2.76. The maximum atomic E-state index is 11.8. The van der Waals surface area contributed by atoms with Crippen LogP contribution in [0.3, 0.4) is 0 Å². The van der Waals surface area contributed by atoms with Crippen molar-refractivity contribution in [2.24, 2.45) is 15.4 Å². The number of rotatable bonds is 3. The van der Waals surface area contributed by atoms with Crippen molar-refractivity contribution in [1.82, 2.24) is 5.32 Å². The van der Waals surface area contributed by atoms with Crippen LogP contribution in [0.15, 0.2) is 39.7 Å². The lowest BCUT2D eigenvalue weighted by Gasteiger charge is -2.14. The number of hydrogen-bond donors (Lipinski definition) is 1. The second kappa shape index (κ2) is 5.25. The van der Waals surface area contributed by atoms with Gasteiger partial charge in [-0.15, -0.1) is 0 Å². The van der Waals surface area contributed by atoms with E-state index in [2.05, 4.69) is 20.8 Å². The molecule has 1 aromatic carbocycles. The number of carbonyl (C=O) groups is 2. The van der Waals surface area contributed by atoms with E-state index in [4.69, 9.17) is 11.6 Å². The number of hydrogen-bond acceptors (Lipinski definition) is 5. The van der Waals surface area contributed by atoms with Gasteiger partial charge in [-0.3, -0.25) is 14.9 Å². The first-order valence-electron chi connectivity index (χ1n) is 5.40. The van der Waals surface area contributed by atoms with Gasteiger partial charge in [0, 0.05) is 10.6 Å². The van der Waals surface area contributed by atoms with Crippen LogP contribution in [0, 0.1) is 0 Å². The van der Waals surface area contributed by atoms with Gasteiger partial charge in [-0.05, 0) is 29.4 Å². The minimum absolute atomic E-state index is 0.0979. The Morgan fingerprint density at radius 3 is 2.58 bits per heavy atom. The zero-order valence-corrected chi connectivity index (χ0v) is 10.8. The minimum Gasteiger partial charge on any atom is -0.287 e. The molecule has 1 atom stereocenters. The molecule has 0 saturated heterocycles. The van der Waals surface area contributed by atoms with Gasteiger partial charge in [-0.1, -0.05) is 21.4 Å². The zero-order chi connectivity index (χ0) is 13.9. The minimum atomic E-state index is -0.492. The van der Waals surface area contributed by atoms with Crippen molar-refractivity contribution in [2.45, 2.75) is 0 Å². The summed E-state index contributed by atoms with van der Waals surface area (Å²) in [5.74, 6) is -0.978. The molecule has 0 bridgehead atoms. The van der Waals surface area contributed by atoms with E-state index >= 15 is 0 Å². The lowest BCUT2D eigenvalue weighted by Crippen LogP contribution is -2.43. The molecule has 0 radical (unpaired) electrons. The van der Waals surface area contributed by atoms with Gasteiger partial charge < -0.3 is 0 Å². The number of quaternary nitrogens is 1. The number of likely N-dealkylation sites (N-methyl/N-ethyl adjacent to an activating group) is 1. The highest BCUT2D eigenvalue weighted by Crippen LogP contribution is 2.11. The van der Waals surface area contributed by atoms with Crippen molar-refractivity contribution >= 4 is 29.8 Å². The number of nitrogens with one attached hydrogen (secondary N) is 1. The zero-order valence-electron chi connectivity index (χ0n) is 10.1. The van der Waals surface area contributed by atoms with Crippen LogP contribution in [0.1, 0.15) is 10.4 Å². The van der Waals surface area contributed by atoms with E-state index in [1.807, 2.05) is 0 Å². The van der Waals surface area contributed by atoms with E-state index in [9.17, 15) is 9.59 Å². The first-order valence-corrected chi connectivity index (χ1v) is 5.78. The SMILES string of the molecule is C[N+]1(CC(=O)NC(=O)c2ccc(Cl)cc2)N=CN=N1. The van der Waals surface area contributed by atoms with E-state index in [1.54, 1.807) is 19.2 Å². The first kappa shape index (κ1) is 13.3. The Morgan fingerprint density at radius 2 is 2.00 bits per heavy atom. The quantitative estimate of drug-likeness (QED) is 0.848. The second-order valence-electron chi connectivity index (χ2n) is 4.07. The van der Waals surface area contributed by atoms with Crippen LogP contribution in [0.25, 0.3) is 0 Å². The van der Waals surface area contributed by atoms with Crippen molar-refractivity contribution in [3.8, 4) is 0 Å². The average molecular weight is 281 g/mol. The Labute approximate surface area is 114 Å². The smallest absolute Gasteiger partial charge is 0.287 e. The third-order valence-electron chi connectivity index (χ3n) is 2.40. The van der Waals surface area contributed by atoms with Crippen LogP contribution in [0.5, 0.6) is 0 Å². The van der Waals surface area contributed by atoms with Gasteiger partial charge in [-0.25, -0.2) is 0 Å². The lowest BCUT2D eigenvalue weighted by atomic mass is 10.2. The summed E-state index contributed by atoms with van der Waals surface area (Å²) < 4.78 is -0.250. The summed E-state index contributed by atoms with van der Waals surface area (Å²) in [6.45, 7) is -0.0979. The highest BCUT2D eigenvalue weighted by molar-refractivity contribution is 6.30. The highest BCUT2D eigenvalue weighted by atomic mass is 35.5. The molecule has 0 aromatic heterocycles. The molecule has 1 aliphatic heterocycles. The Bertz CT molecular complexity index is 555. The molecular formula is C11H11ClN5O2+. The van der Waals surface area contributed by atoms with Crippen LogP contribution in [0.4, 0.5) is 0 Å². The fourth-order valence-corrected chi connectivity index (χ4v) is 1.60. The van der Waals surface area contributed by atoms with Crippen LogP contribution >= 0.6 is 11.6 Å². The fraction of sp³-hybridized carbons (Fsp3) is 0.182. The number of halogens is 1. The highest BCUT2D eigenvalue weighted by Gasteiger charge is 2.29. The van der Waals surface area contributed by atoms with Gasteiger partial charge >= 0.3 is 0 Å². The summed E-state index contributed by atoms with van der Waals surface area (Å²) >= 11 is 5.71. The monoisotopic (exact) mass is 280 g/mol. The summed E-state index contributed by atoms with van der Waals surface area (Å²) in [5, 5.41) is 14.0. The molecule has 2 rings (SSSR count). The summed E-state index contributed by atoms with van der Waals surface area (Å²) in [6.07, 6.45) is 1.26. The van der Waals surface area contributed by atoms with E-state index in [0.29, 0.717) is 10.6 Å². The van der Waals surface area contributed by atoms with Crippen molar-refractivity contribution in [3.05, 3.63) is 34.9 Å². The summed E-state index contributed by atoms with van der Waals surface area (Å²) in [6, 6.07) is 6.23. The Morgan fingerprint density at radius 1 is 1.32 bits per heavy atom. The van der Waals surface area contributed by atoms with Crippen molar-refractivity contribution in [3.63, 3.8) is 0 Å². The topological polar surface area (TPSA) is 83.2 Å². The first-order chi connectivity index (χ1) is 8.98. The van der Waals surface area contributed by atoms with Gasteiger partial charge in [0.2, 0.25) is 12.9 Å². The maximum absolute atomic E-state index is 11.8. The molecule has 7 nitrogen and oxygen atoms in total. The van der Waals surface area contributed by atoms with Crippen molar-refractivity contribution < 1.29 is 14.3 Å². The van der Waals surface area contributed by atoms with Crippen molar-refractivity contribution in [1.29, 1.82) is 0 Å². The molecule has 1 aliphatic rings. The molecule has 1 N–H and O–H groups in total. The molecule has 19 heavy (non-hydrogen) atoms. The van der Waals surface area contributed by atoms with E-state index in [-0.39, 0.29) is 11.2 Å². The molecule has 0 saturated carbocycles. The number of benzene rings is 1. The third-order valence-corrected chi connectivity index (χ3v) is 2.65. The van der Waals surface area contributed by atoms with E-state index in [1.165, 1.54) is 18.5 Å². The molecule has 2 amide bonds. The fourth-order valence-electron chi connectivity index (χ4n) is 1.48. The molecule has 1 unspecified atom stereocenters. The van der Waals surface area contributed by atoms with Crippen LogP contribution in [-0.4, -0.2) is 36.4 Å².